The summed E-state index contributed by atoms with van der Waals surface area (Å²) in [5.74, 6) is 0. The second-order valence-electron chi connectivity index (χ2n) is 5.53. The molecule has 3 heterocycles. The quantitative estimate of drug-likeness (QED) is 0.825. The zero-order chi connectivity index (χ0) is 16.2. The number of nitrogens with one attached hydrogen (secondary N) is 1. The van der Waals surface area contributed by atoms with Gasteiger partial charge in [-0.2, -0.15) is 0 Å². The molecular weight excluding hydrogens is 308 g/mol. The topological polar surface area (TPSA) is 42.3 Å². The molecule has 23 heavy (non-hydrogen) atoms. The highest BCUT2D eigenvalue weighted by Crippen LogP contribution is 2.38. The van der Waals surface area contributed by atoms with Gasteiger partial charge in [0.2, 0.25) is 0 Å². The van der Waals surface area contributed by atoms with Gasteiger partial charge in [-0.1, -0.05) is 6.07 Å². The average molecular weight is 330 g/mol. The average Bonchev–Trinajstić information content (AvgIpc) is 3.17. The van der Waals surface area contributed by atoms with Gasteiger partial charge in [-0.15, -0.1) is 0 Å². The molecule has 0 bridgehead atoms. The zero-order valence-electron chi connectivity index (χ0n) is 13.5. The Morgan fingerprint density at radius 2 is 2.17 bits per heavy atom. The summed E-state index contributed by atoms with van der Waals surface area (Å²) < 4.78 is 7.47. The van der Waals surface area contributed by atoms with Crippen LogP contribution in [-0.2, 0) is 11.3 Å². The zero-order valence-corrected chi connectivity index (χ0v) is 14.3. The summed E-state index contributed by atoms with van der Waals surface area (Å²) in [4.78, 5) is 6.76. The summed E-state index contributed by atoms with van der Waals surface area (Å²) in [6.07, 6.45) is 3.93. The molecule has 0 amide bonds. The molecule has 2 aromatic heterocycles. The predicted molar refractivity (Wildman–Crippen MR) is 94.1 cm³/mol. The van der Waals surface area contributed by atoms with E-state index in [2.05, 4.69) is 51.1 Å². The van der Waals surface area contributed by atoms with Crippen molar-refractivity contribution in [2.45, 2.75) is 25.6 Å². The van der Waals surface area contributed by atoms with Crippen LogP contribution in [0, 0.1) is 0 Å². The SMILES string of the molecule is CCN1C(=S)N[C@H](c2ccccn2)[C@@H]1c1cccn1CCOC. The minimum atomic E-state index is 0.0554. The Hall–Kier alpha value is -1.92. The minimum Gasteiger partial charge on any atom is -0.383 e. The standard InChI is InChI=1S/C17H22N4OS/c1-3-21-16(14-8-6-10-20(14)11-12-22-2)15(19-17(21)23)13-7-4-5-9-18-13/h4-10,15-16H,3,11-12H2,1-2H3,(H,19,23)/t15-,16+/m1/s1. The molecule has 0 radical (unpaired) electrons. The summed E-state index contributed by atoms with van der Waals surface area (Å²) >= 11 is 5.55. The van der Waals surface area contributed by atoms with Gasteiger partial charge in [0.1, 0.15) is 0 Å². The van der Waals surface area contributed by atoms with Gasteiger partial charge in [0.25, 0.3) is 0 Å². The van der Waals surface area contributed by atoms with Crippen LogP contribution in [0.4, 0.5) is 0 Å². The molecule has 0 spiro atoms. The molecule has 1 N–H and O–H groups in total. The Morgan fingerprint density at radius 1 is 1.30 bits per heavy atom. The molecule has 122 valence electrons. The third-order valence-corrected chi connectivity index (χ3v) is 4.59. The Bertz CT molecular complexity index is 658. The summed E-state index contributed by atoms with van der Waals surface area (Å²) in [5, 5.41) is 4.23. The maximum Gasteiger partial charge on any atom is 0.170 e. The van der Waals surface area contributed by atoms with Crippen LogP contribution in [0.1, 0.15) is 30.4 Å². The molecule has 0 aliphatic carbocycles. The molecule has 0 aromatic carbocycles. The number of ether oxygens (including phenoxy) is 1. The van der Waals surface area contributed by atoms with E-state index in [9.17, 15) is 0 Å². The Labute approximate surface area is 142 Å². The van der Waals surface area contributed by atoms with Gasteiger partial charge in [0.05, 0.1) is 24.4 Å². The number of hydrogen-bond donors (Lipinski definition) is 1. The molecule has 1 saturated heterocycles. The predicted octanol–water partition coefficient (Wildman–Crippen LogP) is 2.52. The van der Waals surface area contributed by atoms with E-state index in [-0.39, 0.29) is 12.1 Å². The monoisotopic (exact) mass is 330 g/mol. The van der Waals surface area contributed by atoms with E-state index in [1.807, 2.05) is 18.3 Å². The summed E-state index contributed by atoms with van der Waals surface area (Å²) in [5.41, 5.74) is 2.24. The van der Waals surface area contributed by atoms with Crippen LogP contribution in [0.15, 0.2) is 42.7 Å². The van der Waals surface area contributed by atoms with Crippen LogP contribution in [0.2, 0.25) is 0 Å². The Kier molecular flexibility index (Phi) is 4.93. The summed E-state index contributed by atoms with van der Waals surface area (Å²) in [6, 6.07) is 10.4. The minimum absolute atomic E-state index is 0.0554. The number of methoxy groups -OCH3 is 1. The molecule has 0 unspecified atom stereocenters. The molecule has 6 heteroatoms. The van der Waals surface area contributed by atoms with Gasteiger partial charge in [-0.3, -0.25) is 4.98 Å². The van der Waals surface area contributed by atoms with Crippen LogP contribution >= 0.6 is 12.2 Å². The second-order valence-corrected chi connectivity index (χ2v) is 5.92. The van der Waals surface area contributed by atoms with E-state index in [0.717, 1.165) is 23.9 Å². The molecule has 0 saturated carbocycles. The van der Waals surface area contributed by atoms with Gasteiger partial charge in [0.15, 0.2) is 5.11 Å². The highest BCUT2D eigenvalue weighted by atomic mass is 32.1. The van der Waals surface area contributed by atoms with Crippen molar-refractivity contribution in [2.24, 2.45) is 0 Å². The number of pyridine rings is 1. The third-order valence-electron chi connectivity index (χ3n) is 4.24. The van der Waals surface area contributed by atoms with Crippen molar-refractivity contribution < 1.29 is 4.74 Å². The fourth-order valence-corrected chi connectivity index (χ4v) is 3.53. The van der Waals surface area contributed by atoms with E-state index in [1.165, 1.54) is 5.69 Å². The number of hydrogen-bond acceptors (Lipinski definition) is 3. The van der Waals surface area contributed by atoms with E-state index < -0.39 is 0 Å². The smallest absolute Gasteiger partial charge is 0.170 e. The second kappa shape index (κ2) is 7.10. The van der Waals surface area contributed by atoms with E-state index in [1.54, 1.807) is 7.11 Å². The third kappa shape index (κ3) is 3.09. The van der Waals surface area contributed by atoms with Crippen molar-refractivity contribution in [1.29, 1.82) is 0 Å². The lowest BCUT2D eigenvalue weighted by molar-refractivity contribution is 0.184. The van der Waals surface area contributed by atoms with Crippen molar-refractivity contribution in [3.05, 3.63) is 54.1 Å². The number of aromatic nitrogens is 2. The van der Waals surface area contributed by atoms with E-state index >= 15 is 0 Å². The highest BCUT2D eigenvalue weighted by Gasteiger charge is 2.40. The lowest BCUT2D eigenvalue weighted by Crippen LogP contribution is -2.30. The van der Waals surface area contributed by atoms with Crippen LogP contribution < -0.4 is 5.32 Å². The number of rotatable bonds is 6. The van der Waals surface area contributed by atoms with Crippen molar-refractivity contribution in [3.8, 4) is 0 Å². The molecule has 3 rings (SSSR count). The molecule has 1 aliphatic heterocycles. The maximum absolute atomic E-state index is 5.55. The molecule has 1 fully saturated rings. The lowest BCUT2D eigenvalue weighted by Gasteiger charge is -2.27. The molecule has 2 atom stereocenters. The van der Waals surface area contributed by atoms with Crippen molar-refractivity contribution >= 4 is 17.3 Å². The van der Waals surface area contributed by atoms with Crippen LogP contribution in [0.5, 0.6) is 0 Å². The van der Waals surface area contributed by atoms with Crippen molar-refractivity contribution in [3.63, 3.8) is 0 Å². The Balaban J connectivity index is 1.98. The molecule has 1 aliphatic rings. The summed E-state index contributed by atoms with van der Waals surface area (Å²) in [6.45, 7) is 4.50. The van der Waals surface area contributed by atoms with Crippen LogP contribution in [0.3, 0.4) is 0 Å². The highest BCUT2D eigenvalue weighted by molar-refractivity contribution is 7.80. The number of thiocarbonyl (C=S) groups is 1. The van der Waals surface area contributed by atoms with Crippen molar-refractivity contribution in [1.82, 2.24) is 19.8 Å². The largest absolute Gasteiger partial charge is 0.383 e. The molecule has 5 nitrogen and oxygen atoms in total. The van der Waals surface area contributed by atoms with E-state index in [4.69, 9.17) is 17.0 Å². The van der Waals surface area contributed by atoms with Gasteiger partial charge >= 0.3 is 0 Å². The first kappa shape index (κ1) is 16.0. The lowest BCUT2D eigenvalue weighted by atomic mass is 10.0. The first-order chi connectivity index (χ1) is 11.3. The van der Waals surface area contributed by atoms with Crippen LogP contribution in [-0.4, -0.2) is 39.8 Å². The van der Waals surface area contributed by atoms with Gasteiger partial charge in [0, 0.05) is 38.3 Å². The van der Waals surface area contributed by atoms with E-state index in [0.29, 0.717) is 6.61 Å². The van der Waals surface area contributed by atoms with Gasteiger partial charge in [-0.05, 0) is 43.4 Å². The van der Waals surface area contributed by atoms with Crippen molar-refractivity contribution in [2.75, 3.05) is 20.3 Å². The normalized spacial score (nSPS) is 20.8. The summed E-state index contributed by atoms with van der Waals surface area (Å²) in [7, 11) is 1.73. The van der Waals surface area contributed by atoms with Gasteiger partial charge in [-0.25, -0.2) is 0 Å². The van der Waals surface area contributed by atoms with Crippen LogP contribution in [0.25, 0.3) is 0 Å². The Morgan fingerprint density at radius 3 is 2.87 bits per heavy atom. The fraction of sp³-hybridized carbons (Fsp3) is 0.412. The first-order valence-electron chi connectivity index (χ1n) is 7.88. The maximum atomic E-state index is 5.55. The number of likely N-dealkylation sites (N-methyl/N-ethyl adjacent to an activating group) is 1. The fourth-order valence-electron chi connectivity index (χ4n) is 3.16. The van der Waals surface area contributed by atoms with Gasteiger partial charge < -0.3 is 19.5 Å². The molecule has 2 aromatic rings. The number of nitrogens with zero attached hydrogens (tertiary/aromatic N) is 3. The molecular formula is C17H22N4OS. The first-order valence-corrected chi connectivity index (χ1v) is 8.29.